The lowest BCUT2D eigenvalue weighted by molar-refractivity contribution is 0.485. The van der Waals surface area contributed by atoms with E-state index in [9.17, 15) is 8.42 Å². The second kappa shape index (κ2) is 5.22. The zero-order chi connectivity index (χ0) is 14.2. The van der Waals surface area contributed by atoms with Gasteiger partial charge >= 0.3 is 10.1 Å². The smallest absolute Gasteiger partial charge is 0.340 e. The summed E-state index contributed by atoms with van der Waals surface area (Å²) in [5.74, 6) is 0.376. The Morgan fingerprint density at radius 3 is 2.55 bits per heavy atom. The van der Waals surface area contributed by atoms with Gasteiger partial charge in [0, 0.05) is 4.47 Å². The van der Waals surface area contributed by atoms with E-state index in [0.717, 1.165) is 19.3 Å². The average molecular weight is 353 g/mol. The minimum Gasteiger partial charge on any atom is -0.379 e. The van der Waals surface area contributed by atoms with Gasteiger partial charge in [0.1, 0.15) is 10.6 Å². The molecule has 1 aliphatic rings. The summed E-state index contributed by atoms with van der Waals surface area (Å²) in [7, 11) is -3.81. The molecule has 3 rings (SSSR count). The molecule has 0 aromatic heterocycles. The Balaban J connectivity index is 1.93. The minimum atomic E-state index is -3.81. The molecule has 0 saturated carbocycles. The standard InChI is InChI=1S/C15H13BrO3S/c16-14-6-1-2-7-15(14)20(17,18)19-13-9-8-11-4-3-5-12(11)10-13/h1-2,6-10H,3-5H2. The van der Waals surface area contributed by atoms with Gasteiger partial charge in [0.25, 0.3) is 0 Å². The van der Waals surface area contributed by atoms with Crippen LogP contribution in [0.5, 0.6) is 5.75 Å². The molecule has 0 heterocycles. The first-order valence-corrected chi connectivity index (χ1v) is 8.57. The average Bonchev–Trinajstić information content (AvgIpc) is 2.86. The molecule has 5 heteroatoms. The van der Waals surface area contributed by atoms with E-state index < -0.39 is 10.1 Å². The second-order valence-electron chi connectivity index (χ2n) is 4.75. The summed E-state index contributed by atoms with van der Waals surface area (Å²) in [6.45, 7) is 0. The molecule has 0 saturated heterocycles. The van der Waals surface area contributed by atoms with Crippen molar-refractivity contribution in [2.24, 2.45) is 0 Å². The molecule has 1 aliphatic carbocycles. The summed E-state index contributed by atoms with van der Waals surface area (Å²) >= 11 is 3.24. The molecule has 20 heavy (non-hydrogen) atoms. The van der Waals surface area contributed by atoms with Crippen LogP contribution in [0.3, 0.4) is 0 Å². The summed E-state index contributed by atoms with van der Waals surface area (Å²) in [6.07, 6.45) is 3.17. The van der Waals surface area contributed by atoms with Gasteiger partial charge < -0.3 is 4.18 Å². The number of aryl methyl sites for hydroxylation is 2. The van der Waals surface area contributed by atoms with E-state index in [4.69, 9.17) is 4.18 Å². The van der Waals surface area contributed by atoms with Crippen LogP contribution in [0.4, 0.5) is 0 Å². The number of fused-ring (bicyclic) bond motifs is 1. The monoisotopic (exact) mass is 352 g/mol. The van der Waals surface area contributed by atoms with Crippen molar-refractivity contribution in [1.82, 2.24) is 0 Å². The molecule has 0 radical (unpaired) electrons. The van der Waals surface area contributed by atoms with E-state index in [1.54, 1.807) is 24.3 Å². The third-order valence-corrected chi connectivity index (χ3v) is 5.64. The molecule has 3 nitrogen and oxygen atoms in total. The van der Waals surface area contributed by atoms with E-state index in [2.05, 4.69) is 15.9 Å². The summed E-state index contributed by atoms with van der Waals surface area (Å²) in [6, 6.07) is 12.1. The first kappa shape index (κ1) is 13.6. The number of halogens is 1. The van der Waals surface area contributed by atoms with Crippen LogP contribution in [-0.4, -0.2) is 8.42 Å². The highest BCUT2D eigenvalue weighted by Gasteiger charge is 2.20. The van der Waals surface area contributed by atoms with E-state index in [0.29, 0.717) is 10.2 Å². The number of benzene rings is 2. The van der Waals surface area contributed by atoms with Gasteiger partial charge in [-0.05, 0) is 70.6 Å². The van der Waals surface area contributed by atoms with Crippen molar-refractivity contribution in [3.63, 3.8) is 0 Å². The Morgan fingerprint density at radius 2 is 1.75 bits per heavy atom. The highest BCUT2D eigenvalue weighted by atomic mass is 79.9. The summed E-state index contributed by atoms with van der Waals surface area (Å²) in [4.78, 5) is 0.139. The first-order valence-electron chi connectivity index (χ1n) is 6.37. The van der Waals surface area contributed by atoms with Crippen LogP contribution in [0.2, 0.25) is 0 Å². The van der Waals surface area contributed by atoms with Crippen molar-refractivity contribution in [2.45, 2.75) is 24.2 Å². The first-order chi connectivity index (χ1) is 9.56. The van der Waals surface area contributed by atoms with Gasteiger partial charge in [0.05, 0.1) is 0 Å². The fourth-order valence-corrected chi connectivity index (χ4v) is 4.30. The van der Waals surface area contributed by atoms with Gasteiger partial charge in [-0.15, -0.1) is 0 Å². The van der Waals surface area contributed by atoms with Gasteiger partial charge in [-0.1, -0.05) is 18.2 Å². The predicted octanol–water partition coefficient (Wildman–Crippen LogP) is 3.71. The van der Waals surface area contributed by atoms with Crippen molar-refractivity contribution >= 4 is 26.0 Å². The number of hydrogen-bond donors (Lipinski definition) is 0. The fourth-order valence-electron chi connectivity index (χ4n) is 2.42. The largest absolute Gasteiger partial charge is 0.379 e. The number of hydrogen-bond acceptors (Lipinski definition) is 3. The maximum absolute atomic E-state index is 12.3. The van der Waals surface area contributed by atoms with Gasteiger partial charge in [-0.2, -0.15) is 8.42 Å². The third kappa shape index (κ3) is 2.60. The van der Waals surface area contributed by atoms with Gasteiger partial charge in [0.15, 0.2) is 0 Å². The maximum Gasteiger partial charge on any atom is 0.340 e. The van der Waals surface area contributed by atoms with Crippen LogP contribution in [0.15, 0.2) is 51.8 Å². The minimum absolute atomic E-state index is 0.139. The number of rotatable bonds is 3. The summed E-state index contributed by atoms with van der Waals surface area (Å²) in [5, 5.41) is 0. The summed E-state index contributed by atoms with van der Waals surface area (Å²) in [5.41, 5.74) is 2.47. The van der Waals surface area contributed by atoms with E-state index in [-0.39, 0.29) is 4.90 Å². The van der Waals surface area contributed by atoms with Crippen LogP contribution in [-0.2, 0) is 23.0 Å². The SMILES string of the molecule is O=S(=O)(Oc1ccc2c(c1)CCC2)c1ccccc1Br. The molecule has 0 N–H and O–H groups in total. The van der Waals surface area contributed by atoms with Gasteiger partial charge in [-0.3, -0.25) is 0 Å². The van der Waals surface area contributed by atoms with E-state index in [1.807, 2.05) is 12.1 Å². The van der Waals surface area contributed by atoms with Crippen LogP contribution < -0.4 is 4.18 Å². The Labute approximate surface area is 126 Å². The molecule has 0 aliphatic heterocycles. The topological polar surface area (TPSA) is 43.4 Å². The highest BCUT2D eigenvalue weighted by Crippen LogP contribution is 2.29. The normalized spacial score (nSPS) is 14.1. The lowest BCUT2D eigenvalue weighted by Gasteiger charge is -2.09. The van der Waals surface area contributed by atoms with Crippen LogP contribution in [0, 0.1) is 0 Å². The molecule has 0 atom stereocenters. The molecule has 0 spiro atoms. The van der Waals surface area contributed by atoms with Crippen LogP contribution in [0.1, 0.15) is 17.5 Å². The van der Waals surface area contributed by atoms with Crippen LogP contribution >= 0.6 is 15.9 Å². The molecule has 0 fully saturated rings. The molecule has 2 aromatic carbocycles. The lowest BCUT2D eigenvalue weighted by Crippen LogP contribution is -2.10. The third-order valence-electron chi connectivity index (χ3n) is 3.38. The second-order valence-corrected chi connectivity index (χ2v) is 7.12. The van der Waals surface area contributed by atoms with Crippen molar-refractivity contribution in [3.8, 4) is 5.75 Å². The predicted molar refractivity (Wildman–Crippen MR) is 80.4 cm³/mol. The molecular formula is C15H13BrO3S. The van der Waals surface area contributed by atoms with Gasteiger partial charge in [-0.25, -0.2) is 0 Å². The lowest BCUT2D eigenvalue weighted by atomic mass is 10.1. The molecule has 0 bridgehead atoms. The molecule has 0 amide bonds. The van der Waals surface area contributed by atoms with Gasteiger partial charge in [0.2, 0.25) is 0 Å². The zero-order valence-electron chi connectivity index (χ0n) is 10.7. The van der Waals surface area contributed by atoms with Crippen molar-refractivity contribution in [2.75, 3.05) is 0 Å². The van der Waals surface area contributed by atoms with Crippen molar-refractivity contribution in [3.05, 3.63) is 58.1 Å². The Bertz CT molecular complexity index is 753. The highest BCUT2D eigenvalue weighted by molar-refractivity contribution is 9.10. The van der Waals surface area contributed by atoms with E-state index >= 15 is 0 Å². The van der Waals surface area contributed by atoms with Crippen molar-refractivity contribution < 1.29 is 12.6 Å². The fraction of sp³-hybridized carbons (Fsp3) is 0.200. The molecule has 2 aromatic rings. The summed E-state index contributed by atoms with van der Waals surface area (Å²) < 4.78 is 30.3. The maximum atomic E-state index is 12.3. The van der Waals surface area contributed by atoms with Crippen LogP contribution in [0.25, 0.3) is 0 Å². The molecule has 0 unspecified atom stereocenters. The molecular weight excluding hydrogens is 340 g/mol. The Hall–Kier alpha value is -1.33. The zero-order valence-corrected chi connectivity index (χ0v) is 13.1. The quantitative estimate of drug-likeness (QED) is 0.791. The Kier molecular flexibility index (Phi) is 3.56. The van der Waals surface area contributed by atoms with Crippen molar-refractivity contribution in [1.29, 1.82) is 0 Å². The van der Waals surface area contributed by atoms with E-state index in [1.165, 1.54) is 17.2 Å². The Morgan fingerprint density at radius 1 is 1.00 bits per heavy atom. The molecule has 104 valence electrons.